The van der Waals surface area contributed by atoms with Crippen molar-refractivity contribution < 1.29 is 9.21 Å². The van der Waals surface area contributed by atoms with Gasteiger partial charge in [-0.3, -0.25) is 10.1 Å². The highest BCUT2D eigenvalue weighted by atomic mass is 32.1. The van der Waals surface area contributed by atoms with Crippen molar-refractivity contribution in [3.8, 4) is 0 Å². The Morgan fingerprint density at radius 3 is 2.82 bits per heavy atom. The molecule has 2 N–H and O–H groups in total. The van der Waals surface area contributed by atoms with Crippen LogP contribution in [0, 0.1) is 5.92 Å². The molecular formula is C12H12N2O2S. The van der Waals surface area contributed by atoms with E-state index in [0.717, 1.165) is 5.76 Å². The average molecular weight is 248 g/mol. The van der Waals surface area contributed by atoms with E-state index in [9.17, 15) is 4.79 Å². The lowest BCUT2D eigenvalue weighted by Gasteiger charge is -1.93. The minimum atomic E-state index is -0.215. The van der Waals surface area contributed by atoms with Gasteiger partial charge in [-0.05, 0) is 36.7 Å². The minimum absolute atomic E-state index is 0.215. The van der Waals surface area contributed by atoms with Gasteiger partial charge in [0, 0.05) is 12.0 Å². The Morgan fingerprint density at radius 1 is 1.47 bits per heavy atom. The molecule has 1 saturated carbocycles. The SMILES string of the molecule is C[C@H]1C[C@H]1c1ccc(/C=C2\NC(=S)NC2=O)o1. The summed E-state index contributed by atoms with van der Waals surface area (Å²) >= 11 is 4.85. The smallest absolute Gasteiger partial charge is 0.274 e. The van der Waals surface area contributed by atoms with Crippen LogP contribution >= 0.6 is 12.2 Å². The second kappa shape index (κ2) is 3.70. The maximum atomic E-state index is 11.4. The van der Waals surface area contributed by atoms with Crippen LogP contribution in [0.1, 0.15) is 30.8 Å². The molecule has 2 aliphatic rings. The van der Waals surface area contributed by atoms with Gasteiger partial charge < -0.3 is 9.73 Å². The Bertz CT molecular complexity index is 532. The highest BCUT2D eigenvalue weighted by molar-refractivity contribution is 7.80. The lowest BCUT2D eigenvalue weighted by Crippen LogP contribution is -2.21. The summed E-state index contributed by atoms with van der Waals surface area (Å²) in [6.45, 7) is 2.20. The summed E-state index contributed by atoms with van der Waals surface area (Å²) in [5, 5.41) is 5.63. The number of hydrogen-bond acceptors (Lipinski definition) is 3. The van der Waals surface area contributed by atoms with E-state index in [2.05, 4.69) is 17.6 Å². The lowest BCUT2D eigenvalue weighted by molar-refractivity contribution is -0.115. The van der Waals surface area contributed by atoms with Crippen LogP contribution in [0.4, 0.5) is 0 Å². The first kappa shape index (κ1) is 10.5. The third kappa shape index (κ3) is 1.98. The number of amides is 1. The number of carbonyl (C=O) groups is 1. The second-order valence-electron chi connectivity index (χ2n) is 4.53. The van der Waals surface area contributed by atoms with Gasteiger partial charge in [0.05, 0.1) is 0 Å². The first-order valence-corrected chi connectivity index (χ1v) is 5.98. The van der Waals surface area contributed by atoms with E-state index in [1.165, 1.54) is 6.42 Å². The van der Waals surface area contributed by atoms with Gasteiger partial charge in [-0.1, -0.05) is 6.92 Å². The van der Waals surface area contributed by atoms with Crippen molar-refractivity contribution in [3.63, 3.8) is 0 Å². The molecular weight excluding hydrogens is 236 g/mol. The highest BCUT2D eigenvalue weighted by Crippen LogP contribution is 2.47. The molecule has 1 aliphatic carbocycles. The summed E-state index contributed by atoms with van der Waals surface area (Å²) in [5.74, 6) is 2.73. The van der Waals surface area contributed by atoms with Crippen molar-refractivity contribution >= 4 is 29.3 Å². The maximum absolute atomic E-state index is 11.4. The van der Waals surface area contributed by atoms with Crippen molar-refractivity contribution in [3.05, 3.63) is 29.4 Å². The minimum Gasteiger partial charge on any atom is -0.461 e. The molecule has 2 atom stereocenters. The summed E-state index contributed by atoms with van der Waals surface area (Å²) < 4.78 is 5.68. The van der Waals surface area contributed by atoms with E-state index >= 15 is 0 Å². The summed E-state index contributed by atoms with van der Waals surface area (Å²) in [7, 11) is 0. The average Bonchev–Trinajstić information content (AvgIpc) is 2.71. The molecule has 0 aromatic carbocycles. The Balaban J connectivity index is 1.81. The molecule has 0 radical (unpaired) electrons. The molecule has 1 amide bonds. The van der Waals surface area contributed by atoms with E-state index < -0.39 is 0 Å². The van der Waals surface area contributed by atoms with Crippen LogP contribution in [-0.2, 0) is 4.79 Å². The molecule has 5 heteroatoms. The first-order valence-electron chi connectivity index (χ1n) is 5.57. The Morgan fingerprint density at radius 2 is 2.24 bits per heavy atom. The predicted octanol–water partition coefficient (Wildman–Crippen LogP) is 1.75. The third-order valence-corrected chi connectivity index (χ3v) is 3.33. The van der Waals surface area contributed by atoms with Crippen LogP contribution in [0.2, 0.25) is 0 Å². The quantitative estimate of drug-likeness (QED) is 0.618. The van der Waals surface area contributed by atoms with E-state index in [0.29, 0.717) is 28.4 Å². The number of thiocarbonyl (C=S) groups is 1. The van der Waals surface area contributed by atoms with Gasteiger partial charge in [-0.25, -0.2) is 0 Å². The number of nitrogens with one attached hydrogen (secondary N) is 2. The van der Waals surface area contributed by atoms with Crippen LogP contribution in [0.15, 0.2) is 22.2 Å². The van der Waals surface area contributed by atoms with Crippen molar-refractivity contribution in [1.82, 2.24) is 10.6 Å². The molecule has 0 bridgehead atoms. The van der Waals surface area contributed by atoms with Crippen LogP contribution in [0.5, 0.6) is 0 Å². The number of rotatable bonds is 2. The summed E-state index contributed by atoms with van der Waals surface area (Å²) in [6.07, 6.45) is 2.86. The predicted molar refractivity (Wildman–Crippen MR) is 67.1 cm³/mol. The zero-order valence-electron chi connectivity index (χ0n) is 9.32. The maximum Gasteiger partial charge on any atom is 0.274 e. The summed E-state index contributed by atoms with van der Waals surface area (Å²) in [5.41, 5.74) is 0.430. The topological polar surface area (TPSA) is 54.3 Å². The van der Waals surface area contributed by atoms with E-state index in [-0.39, 0.29) is 5.91 Å². The number of carbonyl (C=O) groups excluding carboxylic acids is 1. The molecule has 88 valence electrons. The molecule has 2 heterocycles. The second-order valence-corrected chi connectivity index (χ2v) is 4.93. The van der Waals surface area contributed by atoms with Gasteiger partial charge >= 0.3 is 0 Å². The highest BCUT2D eigenvalue weighted by Gasteiger charge is 2.36. The number of furan rings is 1. The van der Waals surface area contributed by atoms with Crippen LogP contribution in [0.3, 0.4) is 0 Å². The molecule has 4 nitrogen and oxygen atoms in total. The van der Waals surface area contributed by atoms with Crippen molar-refractivity contribution in [2.45, 2.75) is 19.3 Å². The monoisotopic (exact) mass is 248 g/mol. The molecule has 0 unspecified atom stereocenters. The molecule has 17 heavy (non-hydrogen) atoms. The zero-order chi connectivity index (χ0) is 12.0. The normalized spacial score (nSPS) is 29.4. The van der Waals surface area contributed by atoms with Gasteiger partial charge in [-0.2, -0.15) is 0 Å². The largest absolute Gasteiger partial charge is 0.461 e. The van der Waals surface area contributed by atoms with Crippen molar-refractivity contribution in [2.75, 3.05) is 0 Å². The van der Waals surface area contributed by atoms with Gasteiger partial charge in [0.1, 0.15) is 17.2 Å². The fraction of sp³-hybridized carbons (Fsp3) is 0.333. The molecule has 1 saturated heterocycles. The van der Waals surface area contributed by atoms with Crippen LogP contribution < -0.4 is 10.6 Å². The molecule has 1 aromatic rings. The van der Waals surface area contributed by atoms with Gasteiger partial charge in [0.2, 0.25) is 0 Å². The van der Waals surface area contributed by atoms with Gasteiger partial charge in [0.15, 0.2) is 5.11 Å². The summed E-state index contributed by atoms with van der Waals surface area (Å²) in [6, 6.07) is 3.86. The zero-order valence-corrected chi connectivity index (χ0v) is 10.1. The molecule has 3 rings (SSSR count). The first-order chi connectivity index (χ1) is 8.13. The fourth-order valence-electron chi connectivity index (χ4n) is 1.99. The lowest BCUT2D eigenvalue weighted by atomic mass is 10.3. The third-order valence-electron chi connectivity index (χ3n) is 3.13. The van der Waals surface area contributed by atoms with Crippen molar-refractivity contribution in [2.24, 2.45) is 5.92 Å². The van der Waals surface area contributed by atoms with E-state index in [1.807, 2.05) is 12.1 Å². The van der Waals surface area contributed by atoms with Crippen molar-refractivity contribution in [1.29, 1.82) is 0 Å². The van der Waals surface area contributed by atoms with E-state index in [4.69, 9.17) is 16.6 Å². The Kier molecular flexibility index (Phi) is 2.29. The number of hydrogen-bond donors (Lipinski definition) is 2. The van der Waals surface area contributed by atoms with Crippen LogP contribution in [-0.4, -0.2) is 11.0 Å². The Hall–Kier alpha value is -1.62. The molecule has 1 aliphatic heterocycles. The molecule has 2 fully saturated rings. The van der Waals surface area contributed by atoms with Gasteiger partial charge in [-0.15, -0.1) is 0 Å². The fourth-order valence-corrected chi connectivity index (χ4v) is 2.19. The van der Waals surface area contributed by atoms with Crippen LogP contribution in [0.25, 0.3) is 6.08 Å². The summed E-state index contributed by atoms with van der Waals surface area (Å²) in [4.78, 5) is 11.4. The Labute approximate surface area is 104 Å². The standard InChI is InChI=1S/C12H12N2O2S/c1-6-4-8(6)10-3-2-7(16-10)5-9-11(15)14-12(17)13-9/h2-3,5-6,8H,4H2,1H3,(H2,13,14,15,17)/b9-5-/t6-,8+/m0/s1. The molecule has 0 spiro atoms. The molecule has 1 aromatic heterocycles. The van der Waals surface area contributed by atoms with Gasteiger partial charge in [0.25, 0.3) is 5.91 Å². The van der Waals surface area contributed by atoms with E-state index in [1.54, 1.807) is 6.08 Å².